The fourth-order valence-corrected chi connectivity index (χ4v) is 3.48. The van der Waals surface area contributed by atoms with Crippen molar-refractivity contribution in [3.63, 3.8) is 0 Å². The molecule has 0 radical (unpaired) electrons. The minimum Gasteiger partial charge on any atom is -0.288 e. The molecule has 4 aromatic rings. The number of hydroxylamine groups is 1. The van der Waals surface area contributed by atoms with E-state index >= 15 is 0 Å². The predicted molar refractivity (Wildman–Crippen MR) is 93.4 cm³/mol. The highest BCUT2D eigenvalue weighted by Gasteiger charge is 2.10. The van der Waals surface area contributed by atoms with E-state index in [4.69, 9.17) is 5.21 Å². The van der Waals surface area contributed by atoms with Gasteiger partial charge in [-0.25, -0.2) is 5.48 Å². The zero-order valence-electron chi connectivity index (χ0n) is 13.0. The van der Waals surface area contributed by atoms with Crippen LogP contribution in [0.15, 0.2) is 54.6 Å². The Balaban J connectivity index is 1.54. The highest BCUT2D eigenvalue weighted by molar-refractivity contribution is 7.22. The van der Waals surface area contributed by atoms with Crippen molar-refractivity contribution in [3.8, 4) is 10.7 Å². The number of fused-ring (bicyclic) bond motifs is 1. The molecule has 2 aromatic carbocycles. The number of nitrogens with one attached hydrogen (secondary N) is 1. The molecule has 0 fully saturated rings. The zero-order chi connectivity index (χ0) is 17.2. The van der Waals surface area contributed by atoms with Crippen LogP contribution in [0, 0.1) is 0 Å². The van der Waals surface area contributed by atoms with Crippen LogP contribution in [0.1, 0.15) is 15.9 Å². The summed E-state index contributed by atoms with van der Waals surface area (Å²) in [4.78, 5) is 13.8. The molecule has 2 heterocycles. The van der Waals surface area contributed by atoms with Crippen molar-refractivity contribution in [1.82, 2.24) is 25.7 Å². The van der Waals surface area contributed by atoms with Crippen molar-refractivity contribution in [2.75, 3.05) is 0 Å². The lowest BCUT2D eigenvalue weighted by Gasteiger charge is -2.02. The van der Waals surface area contributed by atoms with Gasteiger partial charge in [0, 0.05) is 10.3 Å². The number of carbonyl (C=O) groups is 1. The first-order chi connectivity index (χ1) is 12.2. The Morgan fingerprint density at radius 1 is 1.16 bits per heavy atom. The van der Waals surface area contributed by atoms with E-state index in [-0.39, 0.29) is 0 Å². The number of aromatic nitrogens is 4. The monoisotopic (exact) mass is 351 g/mol. The van der Waals surface area contributed by atoms with Gasteiger partial charge in [-0.3, -0.25) is 10.0 Å². The number of tetrazole rings is 1. The van der Waals surface area contributed by atoms with Gasteiger partial charge in [-0.2, -0.15) is 4.80 Å². The third-order valence-electron chi connectivity index (χ3n) is 3.74. The lowest BCUT2D eigenvalue weighted by atomic mass is 10.1. The van der Waals surface area contributed by atoms with Crippen LogP contribution in [-0.4, -0.2) is 31.3 Å². The Kier molecular flexibility index (Phi) is 3.96. The van der Waals surface area contributed by atoms with Crippen molar-refractivity contribution >= 4 is 27.3 Å². The van der Waals surface area contributed by atoms with Gasteiger partial charge in [0.15, 0.2) is 0 Å². The Morgan fingerprint density at radius 2 is 1.96 bits per heavy atom. The molecule has 0 unspecified atom stereocenters. The number of rotatable bonds is 4. The number of carbonyl (C=O) groups excluding carboxylic acids is 1. The van der Waals surface area contributed by atoms with Crippen molar-refractivity contribution in [2.24, 2.45) is 0 Å². The van der Waals surface area contributed by atoms with Gasteiger partial charge < -0.3 is 0 Å². The van der Waals surface area contributed by atoms with Crippen molar-refractivity contribution in [1.29, 1.82) is 0 Å². The van der Waals surface area contributed by atoms with E-state index in [1.54, 1.807) is 41.1 Å². The van der Waals surface area contributed by atoms with E-state index in [1.165, 1.54) is 9.50 Å². The van der Waals surface area contributed by atoms with Crippen molar-refractivity contribution in [2.45, 2.75) is 6.54 Å². The van der Waals surface area contributed by atoms with Gasteiger partial charge in [0.05, 0.1) is 11.4 Å². The standard InChI is InChI=1S/C17H13N5O2S/c23-17(20-24)12-7-5-11(6-8-12)10-22-19-16(18-21-22)15-9-13-3-1-2-4-14(13)25-15/h1-9,24H,10H2,(H,20,23). The van der Waals surface area contributed by atoms with Gasteiger partial charge in [0.2, 0.25) is 5.82 Å². The lowest BCUT2D eigenvalue weighted by molar-refractivity contribution is 0.0706. The molecule has 0 aliphatic heterocycles. The topological polar surface area (TPSA) is 92.9 Å². The average Bonchev–Trinajstić information content (AvgIpc) is 3.28. The average molecular weight is 351 g/mol. The number of thiophene rings is 1. The second-order valence-corrected chi connectivity index (χ2v) is 6.51. The molecule has 8 heteroatoms. The van der Waals surface area contributed by atoms with Gasteiger partial charge in [-0.1, -0.05) is 30.3 Å². The van der Waals surface area contributed by atoms with Crippen LogP contribution in [-0.2, 0) is 6.54 Å². The SMILES string of the molecule is O=C(NO)c1ccc(Cn2nnc(-c3cc4ccccc4s3)n2)cc1. The van der Waals surface area contributed by atoms with Crippen LogP contribution in [0.5, 0.6) is 0 Å². The van der Waals surface area contributed by atoms with Crippen molar-refractivity contribution in [3.05, 3.63) is 65.7 Å². The largest absolute Gasteiger partial charge is 0.288 e. The molecule has 0 bridgehead atoms. The summed E-state index contributed by atoms with van der Waals surface area (Å²) >= 11 is 1.63. The summed E-state index contributed by atoms with van der Waals surface area (Å²) in [5.41, 5.74) is 2.91. The molecule has 25 heavy (non-hydrogen) atoms. The summed E-state index contributed by atoms with van der Waals surface area (Å²) in [6.45, 7) is 0.443. The quantitative estimate of drug-likeness (QED) is 0.436. The summed E-state index contributed by atoms with van der Waals surface area (Å²) in [5, 5.41) is 22.4. The molecule has 124 valence electrons. The van der Waals surface area contributed by atoms with Crippen LogP contribution in [0.25, 0.3) is 20.8 Å². The molecule has 0 saturated heterocycles. The molecular weight excluding hydrogens is 338 g/mol. The van der Waals surface area contributed by atoms with Crippen LogP contribution in [0.2, 0.25) is 0 Å². The summed E-state index contributed by atoms with van der Waals surface area (Å²) in [6.07, 6.45) is 0. The highest BCUT2D eigenvalue weighted by atomic mass is 32.1. The van der Waals surface area contributed by atoms with E-state index in [2.05, 4.69) is 33.6 Å². The molecule has 0 atom stereocenters. The Labute approximate surface area is 146 Å². The number of benzene rings is 2. The first-order valence-electron chi connectivity index (χ1n) is 7.53. The fourth-order valence-electron chi connectivity index (χ4n) is 2.49. The molecule has 4 rings (SSSR count). The summed E-state index contributed by atoms with van der Waals surface area (Å²) in [6, 6.07) is 17.0. The molecule has 0 aliphatic carbocycles. The van der Waals surface area contributed by atoms with Crippen LogP contribution in [0.3, 0.4) is 0 Å². The molecule has 1 amide bonds. The second kappa shape index (κ2) is 6.42. The summed E-state index contributed by atoms with van der Waals surface area (Å²) in [7, 11) is 0. The minimum atomic E-state index is -0.544. The van der Waals surface area contributed by atoms with E-state index in [9.17, 15) is 4.79 Å². The normalized spacial score (nSPS) is 10.9. The zero-order valence-corrected chi connectivity index (χ0v) is 13.8. The van der Waals surface area contributed by atoms with E-state index in [1.807, 2.05) is 12.1 Å². The number of nitrogens with zero attached hydrogens (tertiary/aromatic N) is 4. The third kappa shape index (κ3) is 3.12. The molecular formula is C17H13N5O2S. The highest BCUT2D eigenvalue weighted by Crippen LogP contribution is 2.30. The van der Waals surface area contributed by atoms with E-state index < -0.39 is 5.91 Å². The summed E-state index contributed by atoms with van der Waals surface area (Å²) < 4.78 is 1.19. The van der Waals surface area contributed by atoms with Crippen LogP contribution in [0.4, 0.5) is 0 Å². The molecule has 0 spiro atoms. The molecule has 2 aromatic heterocycles. The van der Waals surface area contributed by atoms with Crippen LogP contribution >= 0.6 is 11.3 Å². The minimum absolute atomic E-state index is 0.378. The maximum atomic E-state index is 11.3. The van der Waals surface area contributed by atoms with Gasteiger partial charge >= 0.3 is 0 Å². The predicted octanol–water partition coefficient (Wildman–Crippen LogP) is 2.72. The molecule has 7 nitrogen and oxygen atoms in total. The molecule has 0 aliphatic rings. The fraction of sp³-hybridized carbons (Fsp3) is 0.0588. The lowest BCUT2D eigenvalue weighted by Crippen LogP contribution is -2.18. The second-order valence-electron chi connectivity index (χ2n) is 5.43. The van der Waals surface area contributed by atoms with Crippen molar-refractivity contribution < 1.29 is 10.0 Å². The molecule has 2 N–H and O–H groups in total. The van der Waals surface area contributed by atoms with Crippen LogP contribution < -0.4 is 5.48 Å². The smallest absolute Gasteiger partial charge is 0.274 e. The third-order valence-corrected chi connectivity index (χ3v) is 4.85. The Bertz CT molecular complexity index is 1010. The van der Waals surface area contributed by atoms with Gasteiger partial charge in [0.1, 0.15) is 0 Å². The maximum Gasteiger partial charge on any atom is 0.274 e. The maximum absolute atomic E-state index is 11.3. The number of amides is 1. The molecule has 0 saturated carbocycles. The first kappa shape index (κ1) is 15.4. The first-order valence-corrected chi connectivity index (χ1v) is 8.35. The Hall–Kier alpha value is -3.10. The summed E-state index contributed by atoms with van der Waals surface area (Å²) in [5.74, 6) is 0.0509. The van der Waals surface area contributed by atoms with E-state index in [0.29, 0.717) is 17.9 Å². The van der Waals surface area contributed by atoms with Gasteiger partial charge in [-0.05, 0) is 40.4 Å². The van der Waals surface area contributed by atoms with Gasteiger partial charge in [-0.15, -0.1) is 21.5 Å². The Morgan fingerprint density at radius 3 is 2.72 bits per heavy atom. The number of hydrogen-bond acceptors (Lipinski definition) is 6. The van der Waals surface area contributed by atoms with Gasteiger partial charge in [0.25, 0.3) is 5.91 Å². The van der Waals surface area contributed by atoms with E-state index in [0.717, 1.165) is 15.8 Å². The number of hydrogen-bond donors (Lipinski definition) is 2.